The molecular weight excluding hydrogens is 407 g/mol. The number of amides is 1. The molecule has 0 saturated heterocycles. The van der Waals surface area contributed by atoms with E-state index in [1.807, 2.05) is 32.8 Å². The molecule has 0 spiro atoms. The van der Waals surface area contributed by atoms with Crippen molar-refractivity contribution in [1.29, 1.82) is 0 Å². The van der Waals surface area contributed by atoms with Crippen LogP contribution in [0.1, 0.15) is 45.7 Å². The lowest BCUT2D eigenvalue weighted by Crippen LogP contribution is -2.30. The normalized spacial score (nSPS) is 12.4. The molecule has 1 aromatic carbocycles. The Morgan fingerprint density at radius 1 is 1.23 bits per heavy atom. The average Bonchev–Trinajstić information content (AvgIpc) is 3.27. The van der Waals surface area contributed by atoms with Crippen LogP contribution in [0.4, 0.5) is 4.39 Å². The zero-order valence-corrected chi connectivity index (χ0v) is 18.3. The van der Waals surface area contributed by atoms with Gasteiger partial charge >= 0.3 is 0 Å². The van der Waals surface area contributed by atoms with Crippen LogP contribution < -0.4 is 5.32 Å². The summed E-state index contributed by atoms with van der Waals surface area (Å²) in [6.07, 6.45) is 0.683. The monoisotopic (exact) mass is 432 g/mol. The van der Waals surface area contributed by atoms with Crippen LogP contribution in [0.25, 0.3) is 0 Å². The lowest BCUT2D eigenvalue weighted by molar-refractivity contribution is 0.0902. The van der Waals surface area contributed by atoms with E-state index < -0.39 is 0 Å². The quantitative estimate of drug-likeness (QED) is 0.574. The van der Waals surface area contributed by atoms with E-state index in [1.54, 1.807) is 28.9 Å². The number of nitrogens with one attached hydrogen (secondary N) is 1. The molecule has 1 amide bonds. The van der Waals surface area contributed by atoms with Gasteiger partial charge in [0.1, 0.15) is 11.6 Å². The third-order valence-electron chi connectivity index (χ3n) is 4.93. The van der Waals surface area contributed by atoms with Gasteiger partial charge in [0.2, 0.25) is 0 Å². The number of carbonyl (C=O) groups excluding carboxylic acids is 1. The van der Waals surface area contributed by atoms with E-state index in [9.17, 15) is 9.18 Å². The van der Waals surface area contributed by atoms with E-state index in [4.69, 9.17) is 16.0 Å². The van der Waals surface area contributed by atoms with Gasteiger partial charge in [0, 0.05) is 0 Å². The molecule has 0 aliphatic rings. The van der Waals surface area contributed by atoms with Gasteiger partial charge in [-0.25, -0.2) is 4.39 Å². The van der Waals surface area contributed by atoms with Gasteiger partial charge in [-0.2, -0.15) is 5.10 Å². The summed E-state index contributed by atoms with van der Waals surface area (Å²) in [7, 11) is 3.93. The topological polar surface area (TPSA) is 63.3 Å². The molecular formula is C22H26ClFN4O2. The van der Waals surface area contributed by atoms with Crippen molar-refractivity contribution in [3.8, 4) is 0 Å². The molecule has 0 bridgehead atoms. The molecule has 3 aromatic rings. The first-order chi connectivity index (χ1) is 14.2. The Morgan fingerprint density at radius 2 is 1.93 bits per heavy atom. The van der Waals surface area contributed by atoms with Crippen LogP contribution in [0, 0.1) is 19.7 Å². The predicted molar refractivity (Wildman–Crippen MR) is 114 cm³/mol. The largest absolute Gasteiger partial charge is 0.454 e. The molecule has 1 unspecified atom stereocenters. The minimum absolute atomic E-state index is 0.217. The summed E-state index contributed by atoms with van der Waals surface area (Å²) in [6.45, 7) is 4.88. The van der Waals surface area contributed by atoms with E-state index in [2.05, 4.69) is 10.4 Å². The maximum absolute atomic E-state index is 13.3. The van der Waals surface area contributed by atoms with Gasteiger partial charge in [-0.3, -0.25) is 9.48 Å². The summed E-state index contributed by atoms with van der Waals surface area (Å²) in [6, 6.07) is 9.32. The van der Waals surface area contributed by atoms with E-state index in [0.29, 0.717) is 23.7 Å². The lowest BCUT2D eigenvalue weighted by Gasteiger charge is -2.21. The zero-order chi connectivity index (χ0) is 21.8. The molecule has 1 atom stereocenters. The number of aryl methyl sites for hydroxylation is 1. The fourth-order valence-electron chi connectivity index (χ4n) is 3.20. The highest BCUT2D eigenvalue weighted by Crippen LogP contribution is 2.22. The fraction of sp³-hybridized carbons (Fsp3) is 0.364. The van der Waals surface area contributed by atoms with Crippen molar-refractivity contribution in [1.82, 2.24) is 20.0 Å². The molecule has 1 N–H and O–H groups in total. The molecule has 0 aliphatic carbocycles. The minimum Gasteiger partial charge on any atom is -0.454 e. The van der Waals surface area contributed by atoms with Gasteiger partial charge < -0.3 is 14.6 Å². The Balaban J connectivity index is 1.72. The first-order valence-electron chi connectivity index (χ1n) is 9.74. The van der Waals surface area contributed by atoms with Crippen LogP contribution in [0.2, 0.25) is 5.02 Å². The number of carbonyl (C=O) groups is 1. The molecule has 0 saturated carbocycles. The molecule has 0 radical (unpaired) electrons. The lowest BCUT2D eigenvalue weighted by atomic mass is 10.0. The van der Waals surface area contributed by atoms with Crippen LogP contribution in [0.5, 0.6) is 0 Å². The third-order valence-corrected chi connectivity index (χ3v) is 5.47. The highest BCUT2D eigenvalue weighted by Gasteiger charge is 2.19. The number of hydrogen-bond donors (Lipinski definition) is 1. The SMILES string of the molecule is Cc1nn(Cc2ccc(C(=O)NC(CCN(C)C)c3ccc(F)cc3)o2)c(C)c1Cl. The van der Waals surface area contributed by atoms with Crippen molar-refractivity contribution in [3.05, 3.63) is 75.7 Å². The average molecular weight is 433 g/mol. The molecule has 160 valence electrons. The van der Waals surface area contributed by atoms with Crippen LogP contribution >= 0.6 is 11.6 Å². The van der Waals surface area contributed by atoms with Crippen molar-refractivity contribution in [2.45, 2.75) is 32.9 Å². The Morgan fingerprint density at radius 3 is 2.53 bits per heavy atom. The third kappa shape index (κ3) is 5.29. The van der Waals surface area contributed by atoms with Gasteiger partial charge in [-0.15, -0.1) is 0 Å². The summed E-state index contributed by atoms with van der Waals surface area (Å²) in [4.78, 5) is 14.8. The first-order valence-corrected chi connectivity index (χ1v) is 10.1. The second-order valence-corrected chi connectivity index (χ2v) is 7.96. The maximum atomic E-state index is 13.3. The van der Waals surface area contributed by atoms with Crippen LogP contribution in [-0.4, -0.2) is 41.2 Å². The predicted octanol–water partition coefficient (Wildman–Crippen LogP) is 4.36. The van der Waals surface area contributed by atoms with Crippen molar-refractivity contribution >= 4 is 17.5 Å². The van der Waals surface area contributed by atoms with Crippen LogP contribution in [0.15, 0.2) is 40.8 Å². The Labute approximate surface area is 180 Å². The van der Waals surface area contributed by atoms with Gasteiger partial charge in [-0.1, -0.05) is 23.7 Å². The highest BCUT2D eigenvalue weighted by atomic mass is 35.5. The number of halogens is 2. The van der Waals surface area contributed by atoms with Crippen molar-refractivity contribution in [3.63, 3.8) is 0 Å². The Hall–Kier alpha value is -2.64. The van der Waals surface area contributed by atoms with E-state index in [0.717, 1.165) is 23.5 Å². The second kappa shape index (κ2) is 9.45. The summed E-state index contributed by atoms with van der Waals surface area (Å²) >= 11 is 6.19. The highest BCUT2D eigenvalue weighted by molar-refractivity contribution is 6.31. The van der Waals surface area contributed by atoms with Crippen LogP contribution in [-0.2, 0) is 6.54 Å². The van der Waals surface area contributed by atoms with Gasteiger partial charge in [-0.05, 0) is 70.7 Å². The fourth-order valence-corrected chi connectivity index (χ4v) is 3.33. The Kier molecular flexibility index (Phi) is 6.95. The molecule has 2 heterocycles. The summed E-state index contributed by atoms with van der Waals surface area (Å²) in [5, 5.41) is 8.01. The molecule has 0 fully saturated rings. The minimum atomic E-state index is -0.319. The summed E-state index contributed by atoms with van der Waals surface area (Å²) in [5.74, 6) is 0.195. The molecule has 6 nitrogen and oxygen atoms in total. The van der Waals surface area contributed by atoms with E-state index in [-0.39, 0.29) is 23.5 Å². The van der Waals surface area contributed by atoms with Crippen molar-refractivity contribution < 1.29 is 13.6 Å². The smallest absolute Gasteiger partial charge is 0.287 e. The van der Waals surface area contributed by atoms with Crippen molar-refractivity contribution in [2.75, 3.05) is 20.6 Å². The summed E-state index contributed by atoms with van der Waals surface area (Å²) < 4.78 is 20.8. The van der Waals surface area contributed by atoms with E-state index >= 15 is 0 Å². The Bertz CT molecular complexity index is 1010. The molecule has 0 aliphatic heterocycles. The number of furan rings is 1. The zero-order valence-electron chi connectivity index (χ0n) is 17.6. The number of aromatic nitrogens is 2. The molecule has 8 heteroatoms. The van der Waals surface area contributed by atoms with Gasteiger partial charge in [0.25, 0.3) is 5.91 Å². The van der Waals surface area contributed by atoms with Crippen molar-refractivity contribution in [2.24, 2.45) is 0 Å². The van der Waals surface area contributed by atoms with Gasteiger partial charge in [0.05, 0.1) is 29.0 Å². The van der Waals surface area contributed by atoms with Gasteiger partial charge in [0.15, 0.2) is 5.76 Å². The molecule has 3 rings (SSSR count). The number of nitrogens with zero attached hydrogens (tertiary/aromatic N) is 3. The van der Waals surface area contributed by atoms with Crippen LogP contribution in [0.3, 0.4) is 0 Å². The summed E-state index contributed by atoms with van der Waals surface area (Å²) in [5.41, 5.74) is 2.44. The number of hydrogen-bond acceptors (Lipinski definition) is 4. The molecule has 2 aromatic heterocycles. The van der Waals surface area contributed by atoms with E-state index in [1.165, 1.54) is 12.1 Å². The standard InChI is InChI=1S/C22H26ClFN4O2/c1-14-21(23)15(2)28(26-14)13-18-9-10-20(30-18)22(29)25-19(11-12-27(3)4)16-5-7-17(24)8-6-16/h5-10,19H,11-13H2,1-4H3,(H,25,29). The number of rotatable bonds is 8. The second-order valence-electron chi connectivity index (χ2n) is 7.58. The first kappa shape index (κ1) is 22.1. The maximum Gasteiger partial charge on any atom is 0.287 e. The molecule has 30 heavy (non-hydrogen) atoms. The number of benzene rings is 1.